The monoisotopic (exact) mass is 382 g/mol. The molecule has 140 valence electrons. The van der Waals surface area contributed by atoms with Gasteiger partial charge in [-0.25, -0.2) is 0 Å². The summed E-state index contributed by atoms with van der Waals surface area (Å²) in [4.78, 5) is 12.4. The van der Waals surface area contributed by atoms with E-state index in [1.165, 1.54) is 17.3 Å². The van der Waals surface area contributed by atoms with Gasteiger partial charge in [-0.15, -0.1) is 10.2 Å². The van der Waals surface area contributed by atoms with Crippen LogP contribution in [0.3, 0.4) is 0 Å². The number of Topliss-reactive ketones (excluding diaryl/α,β-unsaturated/α-hetero) is 1. The van der Waals surface area contributed by atoms with Crippen molar-refractivity contribution in [3.05, 3.63) is 59.7 Å². The number of thioether (sulfide) groups is 1. The molecule has 6 heteroatoms. The van der Waals surface area contributed by atoms with Gasteiger partial charge < -0.3 is 9.15 Å². The molecule has 1 aromatic heterocycles. The van der Waals surface area contributed by atoms with Crippen LogP contribution in [0.1, 0.15) is 42.1 Å². The molecule has 1 heterocycles. The summed E-state index contributed by atoms with van der Waals surface area (Å²) in [7, 11) is 1.62. The van der Waals surface area contributed by atoms with Crippen molar-refractivity contribution in [3.8, 4) is 17.2 Å². The third-order valence-electron chi connectivity index (χ3n) is 4.48. The Bertz CT molecular complexity index is 889. The Morgan fingerprint density at radius 3 is 2.44 bits per heavy atom. The summed E-state index contributed by atoms with van der Waals surface area (Å²) in [5.41, 5.74) is 2.76. The van der Waals surface area contributed by atoms with Crippen LogP contribution in [-0.4, -0.2) is 28.8 Å². The highest BCUT2D eigenvalue weighted by atomic mass is 32.2. The summed E-state index contributed by atoms with van der Waals surface area (Å²) >= 11 is 1.25. The van der Waals surface area contributed by atoms with Gasteiger partial charge in [0.15, 0.2) is 5.78 Å². The van der Waals surface area contributed by atoms with Gasteiger partial charge in [-0.2, -0.15) is 0 Å². The van der Waals surface area contributed by atoms with Gasteiger partial charge in [-0.05, 0) is 42.2 Å². The molecule has 0 spiro atoms. The van der Waals surface area contributed by atoms with Crippen molar-refractivity contribution in [1.82, 2.24) is 10.2 Å². The molecule has 0 amide bonds. The van der Waals surface area contributed by atoms with Crippen molar-refractivity contribution < 1.29 is 13.9 Å². The summed E-state index contributed by atoms with van der Waals surface area (Å²) in [6.45, 7) is 4.34. The van der Waals surface area contributed by atoms with Crippen LogP contribution in [0.2, 0.25) is 0 Å². The SMILES string of the molecule is CC[C@@H](C)c1ccc(C(=O)CSc2nnc(-c3ccc(OC)cc3)o2)cc1. The lowest BCUT2D eigenvalue weighted by atomic mass is 9.97. The number of hydrogen-bond donors (Lipinski definition) is 0. The first kappa shape index (κ1) is 19.2. The third kappa shape index (κ3) is 4.77. The molecule has 0 aliphatic rings. The number of ketones is 1. The molecule has 0 radical (unpaired) electrons. The van der Waals surface area contributed by atoms with Gasteiger partial charge in [-0.1, -0.05) is 49.9 Å². The van der Waals surface area contributed by atoms with E-state index in [9.17, 15) is 4.79 Å². The average molecular weight is 382 g/mol. The number of methoxy groups -OCH3 is 1. The van der Waals surface area contributed by atoms with Crippen molar-refractivity contribution >= 4 is 17.5 Å². The second-order valence-electron chi connectivity index (χ2n) is 6.24. The lowest BCUT2D eigenvalue weighted by Crippen LogP contribution is -2.03. The van der Waals surface area contributed by atoms with Crippen LogP contribution in [0.4, 0.5) is 0 Å². The Balaban J connectivity index is 1.60. The fraction of sp³-hybridized carbons (Fsp3) is 0.286. The van der Waals surface area contributed by atoms with Crippen molar-refractivity contribution in [2.75, 3.05) is 12.9 Å². The molecule has 0 aliphatic carbocycles. The molecule has 0 unspecified atom stereocenters. The van der Waals surface area contributed by atoms with Gasteiger partial charge in [0.2, 0.25) is 5.89 Å². The normalized spacial score (nSPS) is 12.0. The maximum Gasteiger partial charge on any atom is 0.277 e. The summed E-state index contributed by atoms with van der Waals surface area (Å²) in [5, 5.41) is 8.44. The highest BCUT2D eigenvalue weighted by Gasteiger charge is 2.13. The number of carbonyl (C=O) groups excluding carboxylic acids is 1. The van der Waals surface area contributed by atoms with Gasteiger partial charge in [0.1, 0.15) is 5.75 Å². The fourth-order valence-electron chi connectivity index (χ4n) is 2.56. The van der Waals surface area contributed by atoms with Crippen molar-refractivity contribution in [2.45, 2.75) is 31.4 Å². The summed E-state index contributed by atoms with van der Waals surface area (Å²) < 4.78 is 10.8. The standard InChI is InChI=1S/C21H22N2O3S/c1-4-14(2)15-5-7-16(8-6-15)19(24)13-27-21-23-22-20(26-21)17-9-11-18(25-3)12-10-17/h5-12,14H,4,13H2,1-3H3/t14-/m1/s1. The zero-order valence-electron chi connectivity index (χ0n) is 15.6. The van der Waals surface area contributed by atoms with E-state index in [0.717, 1.165) is 17.7 Å². The molecule has 27 heavy (non-hydrogen) atoms. The van der Waals surface area contributed by atoms with E-state index in [-0.39, 0.29) is 11.5 Å². The van der Waals surface area contributed by atoms with Gasteiger partial charge in [0.25, 0.3) is 5.22 Å². The van der Waals surface area contributed by atoms with E-state index in [1.807, 2.05) is 48.5 Å². The first-order chi connectivity index (χ1) is 13.1. The van der Waals surface area contributed by atoms with E-state index in [2.05, 4.69) is 24.0 Å². The first-order valence-electron chi connectivity index (χ1n) is 8.84. The van der Waals surface area contributed by atoms with Crippen LogP contribution in [-0.2, 0) is 0 Å². The van der Waals surface area contributed by atoms with Gasteiger partial charge >= 0.3 is 0 Å². The average Bonchev–Trinajstić information content (AvgIpc) is 3.20. The maximum atomic E-state index is 12.4. The van der Waals surface area contributed by atoms with Crippen LogP contribution in [0.5, 0.6) is 5.75 Å². The smallest absolute Gasteiger partial charge is 0.277 e. The molecule has 0 aliphatic heterocycles. The molecular formula is C21H22N2O3S. The van der Waals surface area contributed by atoms with E-state index in [1.54, 1.807) is 7.11 Å². The minimum atomic E-state index is 0.0416. The lowest BCUT2D eigenvalue weighted by Gasteiger charge is -2.09. The number of nitrogens with zero attached hydrogens (tertiary/aromatic N) is 2. The van der Waals surface area contributed by atoms with E-state index in [0.29, 0.717) is 22.6 Å². The summed E-state index contributed by atoms with van der Waals surface area (Å²) in [5.74, 6) is 1.98. The molecule has 3 aromatic rings. The Hall–Kier alpha value is -2.60. The Morgan fingerprint density at radius 1 is 1.11 bits per heavy atom. The second kappa shape index (κ2) is 8.86. The van der Waals surface area contributed by atoms with Gasteiger partial charge in [0.05, 0.1) is 12.9 Å². The number of hydrogen-bond acceptors (Lipinski definition) is 6. The van der Waals surface area contributed by atoms with Crippen LogP contribution < -0.4 is 4.74 Å². The third-order valence-corrected chi connectivity index (χ3v) is 5.30. The molecule has 0 saturated heterocycles. The van der Waals surface area contributed by atoms with Gasteiger partial charge in [0, 0.05) is 11.1 Å². The minimum Gasteiger partial charge on any atom is -0.497 e. The molecule has 2 aromatic carbocycles. The fourth-order valence-corrected chi connectivity index (χ4v) is 3.22. The van der Waals surface area contributed by atoms with Crippen molar-refractivity contribution in [2.24, 2.45) is 0 Å². The summed E-state index contributed by atoms with van der Waals surface area (Å²) in [6, 6.07) is 15.2. The molecule has 5 nitrogen and oxygen atoms in total. The second-order valence-corrected chi connectivity index (χ2v) is 7.17. The van der Waals surface area contributed by atoms with Crippen LogP contribution >= 0.6 is 11.8 Å². The Kier molecular flexibility index (Phi) is 6.29. The lowest BCUT2D eigenvalue weighted by molar-refractivity contribution is 0.102. The Morgan fingerprint density at radius 2 is 1.81 bits per heavy atom. The van der Waals surface area contributed by atoms with Crippen molar-refractivity contribution in [1.29, 1.82) is 0 Å². The highest BCUT2D eigenvalue weighted by Crippen LogP contribution is 2.25. The van der Waals surface area contributed by atoms with Crippen LogP contribution in [0.15, 0.2) is 58.2 Å². The largest absolute Gasteiger partial charge is 0.497 e. The minimum absolute atomic E-state index is 0.0416. The van der Waals surface area contributed by atoms with Crippen molar-refractivity contribution in [3.63, 3.8) is 0 Å². The summed E-state index contributed by atoms with van der Waals surface area (Å²) in [6.07, 6.45) is 1.08. The Labute approximate surface area is 163 Å². The van der Waals surface area contributed by atoms with Crippen LogP contribution in [0, 0.1) is 0 Å². The number of carbonyl (C=O) groups is 1. The molecule has 0 bridgehead atoms. The maximum absolute atomic E-state index is 12.4. The zero-order valence-corrected chi connectivity index (χ0v) is 16.5. The number of rotatable bonds is 8. The first-order valence-corrected chi connectivity index (χ1v) is 9.83. The number of aromatic nitrogens is 2. The van der Waals surface area contributed by atoms with Gasteiger partial charge in [-0.3, -0.25) is 4.79 Å². The van der Waals surface area contributed by atoms with E-state index in [4.69, 9.17) is 9.15 Å². The molecule has 1 atom stereocenters. The molecule has 0 saturated carbocycles. The predicted molar refractivity (Wildman–Crippen MR) is 106 cm³/mol. The highest BCUT2D eigenvalue weighted by molar-refractivity contribution is 7.99. The van der Waals surface area contributed by atoms with E-state index < -0.39 is 0 Å². The quantitative estimate of drug-likeness (QED) is 0.392. The van der Waals surface area contributed by atoms with E-state index >= 15 is 0 Å². The molecule has 0 fully saturated rings. The number of ether oxygens (including phenoxy) is 1. The molecular weight excluding hydrogens is 360 g/mol. The number of benzene rings is 2. The molecule has 0 N–H and O–H groups in total. The predicted octanol–water partition coefficient (Wildman–Crippen LogP) is 5.23. The zero-order chi connectivity index (χ0) is 19.2. The molecule has 3 rings (SSSR count). The topological polar surface area (TPSA) is 65.2 Å². The van der Waals surface area contributed by atoms with Crippen LogP contribution in [0.25, 0.3) is 11.5 Å².